The molecular formula is C17H16N4O. The van der Waals surface area contributed by atoms with Crippen molar-refractivity contribution in [2.75, 3.05) is 0 Å². The Morgan fingerprint density at radius 2 is 1.91 bits per heavy atom. The van der Waals surface area contributed by atoms with Crippen LogP contribution in [0, 0.1) is 6.92 Å². The highest BCUT2D eigenvalue weighted by Crippen LogP contribution is 2.17. The molecule has 5 nitrogen and oxygen atoms in total. The van der Waals surface area contributed by atoms with Crippen molar-refractivity contribution in [3.05, 3.63) is 65.9 Å². The molecule has 3 rings (SSSR count). The second-order valence-corrected chi connectivity index (χ2v) is 4.96. The van der Waals surface area contributed by atoms with Crippen molar-refractivity contribution in [2.45, 2.75) is 13.5 Å². The van der Waals surface area contributed by atoms with Crippen molar-refractivity contribution in [3.63, 3.8) is 0 Å². The van der Waals surface area contributed by atoms with Gasteiger partial charge in [0.25, 0.3) is 5.91 Å². The summed E-state index contributed by atoms with van der Waals surface area (Å²) in [6, 6.07) is 17.5. The molecule has 0 bridgehead atoms. The summed E-state index contributed by atoms with van der Waals surface area (Å²) >= 11 is 0. The zero-order valence-corrected chi connectivity index (χ0v) is 12.2. The van der Waals surface area contributed by atoms with Crippen LogP contribution in [-0.4, -0.2) is 21.9 Å². The third kappa shape index (κ3) is 3.03. The average Bonchev–Trinajstić information content (AvgIpc) is 2.85. The number of aromatic nitrogens is 2. The topological polar surface area (TPSA) is 59.3 Å². The van der Waals surface area contributed by atoms with E-state index < -0.39 is 0 Å². The Morgan fingerprint density at radius 3 is 2.73 bits per heavy atom. The Kier molecular flexibility index (Phi) is 3.96. The van der Waals surface area contributed by atoms with Crippen LogP contribution in [0.25, 0.3) is 10.9 Å². The highest BCUT2D eigenvalue weighted by atomic mass is 16.2. The van der Waals surface area contributed by atoms with Crippen molar-refractivity contribution < 1.29 is 4.79 Å². The fourth-order valence-electron chi connectivity index (χ4n) is 2.30. The number of aryl methyl sites for hydroxylation is 1. The smallest absolute Gasteiger partial charge is 0.261 e. The highest BCUT2D eigenvalue weighted by molar-refractivity contribution is 5.85. The summed E-state index contributed by atoms with van der Waals surface area (Å²) < 4.78 is 1.69. The maximum absolute atomic E-state index is 12.0. The molecule has 0 radical (unpaired) electrons. The van der Waals surface area contributed by atoms with Crippen molar-refractivity contribution in [1.29, 1.82) is 0 Å². The van der Waals surface area contributed by atoms with E-state index >= 15 is 0 Å². The van der Waals surface area contributed by atoms with E-state index in [2.05, 4.69) is 15.6 Å². The Morgan fingerprint density at radius 1 is 1.18 bits per heavy atom. The predicted octanol–water partition coefficient (Wildman–Crippen LogP) is 2.50. The first-order valence-corrected chi connectivity index (χ1v) is 7.03. The predicted molar refractivity (Wildman–Crippen MR) is 86.6 cm³/mol. The third-order valence-corrected chi connectivity index (χ3v) is 3.34. The number of carbonyl (C=O) groups is 1. The van der Waals surface area contributed by atoms with Gasteiger partial charge < -0.3 is 0 Å². The summed E-state index contributed by atoms with van der Waals surface area (Å²) in [7, 11) is 0. The number of carbonyl (C=O) groups excluding carboxylic acids is 1. The number of fused-ring (bicyclic) bond motifs is 1. The first kappa shape index (κ1) is 14.0. The van der Waals surface area contributed by atoms with Crippen LogP contribution < -0.4 is 5.43 Å². The molecule has 3 aromatic rings. The molecule has 0 aliphatic rings. The van der Waals surface area contributed by atoms with Gasteiger partial charge in [0.05, 0.1) is 17.4 Å². The van der Waals surface area contributed by atoms with Crippen LogP contribution in [0.5, 0.6) is 0 Å². The summed E-state index contributed by atoms with van der Waals surface area (Å²) in [5.74, 6) is -0.208. The van der Waals surface area contributed by atoms with Gasteiger partial charge in [0.1, 0.15) is 6.54 Å². The minimum Gasteiger partial charge on any atom is -0.271 e. The molecule has 0 aliphatic carbocycles. The monoisotopic (exact) mass is 292 g/mol. The van der Waals surface area contributed by atoms with Gasteiger partial charge in [0.2, 0.25) is 0 Å². The lowest BCUT2D eigenvalue weighted by Crippen LogP contribution is -2.23. The summed E-state index contributed by atoms with van der Waals surface area (Å²) in [5, 5.41) is 9.42. The van der Waals surface area contributed by atoms with Gasteiger partial charge in [-0.2, -0.15) is 10.2 Å². The molecule has 5 heteroatoms. The molecular weight excluding hydrogens is 276 g/mol. The molecule has 1 heterocycles. The summed E-state index contributed by atoms with van der Waals surface area (Å²) in [5.41, 5.74) is 5.32. The molecule has 0 spiro atoms. The Hall–Kier alpha value is -2.95. The van der Waals surface area contributed by atoms with Gasteiger partial charge in [-0.05, 0) is 18.6 Å². The van der Waals surface area contributed by atoms with Gasteiger partial charge in [-0.15, -0.1) is 0 Å². The molecule has 0 aliphatic heterocycles. The molecule has 22 heavy (non-hydrogen) atoms. The highest BCUT2D eigenvalue weighted by Gasteiger charge is 2.09. The fourth-order valence-corrected chi connectivity index (χ4v) is 2.30. The Labute approximate surface area is 128 Å². The molecule has 0 fully saturated rings. The van der Waals surface area contributed by atoms with Crippen LogP contribution in [0.4, 0.5) is 0 Å². The van der Waals surface area contributed by atoms with Crippen LogP contribution in [0.1, 0.15) is 11.3 Å². The van der Waals surface area contributed by atoms with Crippen molar-refractivity contribution >= 4 is 23.0 Å². The minimum atomic E-state index is -0.208. The fraction of sp³-hybridized carbons (Fsp3) is 0.118. The van der Waals surface area contributed by atoms with E-state index in [-0.39, 0.29) is 12.5 Å². The molecule has 0 atom stereocenters. The second-order valence-electron chi connectivity index (χ2n) is 4.96. The van der Waals surface area contributed by atoms with Gasteiger partial charge in [-0.1, -0.05) is 48.5 Å². The van der Waals surface area contributed by atoms with E-state index in [1.807, 2.05) is 61.5 Å². The molecule has 1 aromatic heterocycles. The van der Waals surface area contributed by atoms with Crippen molar-refractivity contribution in [3.8, 4) is 0 Å². The lowest BCUT2D eigenvalue weighted by atomic mass is 10.2. The molecule has 1 amide bonds. The molecule has 0 saturated carbocycles. The van der Waals surface area contributed by atoms with Gasteiger partial charge in [0, 0.05) is 5.39 Å². The number of benzene rings is 2. The number of nitrogens with one attached hydrogen (secondary N) is 1. The lowest BCUT2D eigenvalue weighted by Gasteiger charge is -2.02. The van der Waals surface area contributed by atoms with Gasteiger partial charge in [0.15, 0.2) is 0 Å². The molecule has 1 N–H and O–H groups in total. The number of para-hydroxylation sites is 1. The number of amides is 1. The van der Waals surface area contributed by atoms with Crippen LogP contribution in [0.15, 0.2) is 59.7 Å². The SMILES string of the molecule is Cc1nn(CC(=O)N/N=C\c2ccccc2)c2ccccc12. The van der Waals surface area contributed by atoms with Crippen LogP contribution >= 0.6 is 0 Å². The third-order valence-electron chi connectivity index (χ3n) is 3.34. The van der Waals surface area contributed by atoms with Crippen LogP contribution in [-0.2, 0) is 11.3 Å². The quantitative estimate of drug-likeness (QED) is 0.593. The van der Waals surface area contributed by atoms with Gasteiger partial charge >= 0.3 is 0 Å². The van der Waals surface area contributed by atoms with Gasteiger partial charge in [-0.25, -0.2) is 5.43 Å². The van der Waals surface area contributed by atoms with E-state index in [1.54, 1.807) is 10.9 Å². The number of hydrazone groups is 1. The maximum atomic E-state index is 12.0. The maximum Gasteiger partial charge on any atom is 0.261 e. The van der Waals surface area contributed by atoms with E-state index in [1.165, 1.54) is 0 Å². The van der Waals surface area contributed by atoms with E-state index in [4.69, 9.17) is 0 Å². The molecule has 2 aromatic carbocycles. The molecule has 0 unspecified atom stereocenters. The summed E-state index contributed by atoms with van der Waals surface area (Å²) in [4.78, 5) is 12.0. The summed E-state index contributed by atoms with van der Waals surface area (Å²) in [6.07, 6.45) is 1.62. The first-order chi connectivity index (χ1) is 10.7. The van der Waals surface area contributed by atoms with Crippen LogP contribution in [0.3, 0.4) is 0 Å². The number of hydrogen-bond acceptors (Lipinski definition) is 3. The Bertz CT molecular complexity index is 821. The number of nitrogens with zero attached hydrogens (tertiary/aromatic N) is 3. The number of rotatable bonds is 4. The zero-order chi connectivity index (χ0) is 15.4. The molecule has 0 saturated heterocycles. The van der Waals surface area contributed by atoms with Crippen molar-refractivity contribution in [2.24, 2.45) is 5.10 Å². The van der Waals surface area contributed by atoms with Gasteiger partial charge in [-0.3, -0.25) is 9.48 Å². The van der Waals surface area contributed by atoms with E-state index in [0.717, 1.165) is 22.2 Å². The lowest BCUT2D eigenvalue weighted by molar-refractivity contribution is -0.121. The van der Waals surface area contributed by atoms with E-state index in [9.17, 15) is 4.79 Å². The van der Waals surface area contributed by atoms with Crippen LogP contribution in [0.2, 0.25) is 0 Å². The van der Waals surface area contributed by atoms with Crippen molar-refractivity contribution in [1.82, 2.24) is 15.2 Å². The zero-order valence-electron chi connectivity index (χ0n) is 12.2. The van der Waals surface area contributed by atoms with E-state index in [0.29, 0.717) is 0 Å². The Balaban J connectivity index is 1.67. The average molecular weight is 292 g/mol. The standard InChI is InChI=1S/C17H16N4O/c1-13-15-9-5-6-10-16(15)21(20-13)12-17(22)19-18-11-14-7-3-2-4-8-14/h2-11H,12H2,1H3,(H,19,22)/b18-11-. The normalized spacial score (nSPS) is 11.1. The number of hydrogen-bond donors (Lipinski definition) is 1. The first-order valence-electron chi connectivity index (χ1n) is 7.03. The molecule has 110 valence electrons. The largest absolute Gasteiger partial charge is 0.271 e. The minimum absolute atomic E-state index is 0.139. The second kappa shape index (κ2) is 6.22. The summed E-state index contributed by atoms with van der Waals surface area (Å²) in [6.45, 7) is 2.07.